The van der Waals surface area contributed by atoms with Gasteiger partial charge in [-0.1, -0.05) is 24.6 Å². The van der Waals surface area contributed by atoms with Gasteiger partial charge in [-0.2, -0.15) is 0 Å². The first-order valence-corrected chi connectivity index (χ1v) is 6.85. The van der Waals surface area contributed by atoms with Crippen molar-refractivity contribution in [3.63, 3.8) is 0 Å². The summed E-state index contributed by atoms with van der Waals surface area (Å²) in [5.41, 5.74) is 2.26. The van der Waals surface area contributed by atoms with Crippen molar-refractivity contribution in [2.75, 3.05) is 0 Å². The van der Waals surface area contributed by atoms with Crippen molar-refractivity contribution in [2.24, 2.45) is 7.05 Å². The van der Waals surface area contributed by atoms with Crippen LogP contribution in [0.25, 0.3) is 10.9 Å². The maximum atomic E-state index is 12.7. The number of furan rings is 1. The van der Waals surface area contributed by atoms with Gasteiger partial charge in [-0.3, -0.25) is 4.79 Å². The predicted molar refractivity (Wildman–Crippen MR) is 79.4 cm³/mol. The van der Waals surface area contributed by atoms with E-state index in [4.69, 9.17) is 16.0 Å². The molecule has 3 rings (SSSR count). The standard InChI is InChI=1S/C16H14ClNO2/c1-3-15-12(6-7-20-15)16(19)13-9-18(2)14-8-10(17)4-5-11(13)14/h4-9H,3H2,1-2H3. The molecule has 0 amide bonds. The summed E-state index contributed by atoms with van der Waals surface area (Å²) >= 11 is 6.01. The van der Waals surface area contributed by atoms with Gasteiger partial charge in [0.15, 0.2) is 5.78 Å². The lowest BCUT2D eigenvalue weighted by Gasteiger charge is -1.99. The van der Waals surface area contributed by atoms with Crippen molar-refractivity contribution < 1.29 is 9.21 Å². The molecule has 0 aliphatic rings. The molecule has 1 aromatic carbocycles. The molecular formula is C16H14ClNO2. The molecule has 0 fully saturated rings. The predicted octanol–water partition coefficient (Wildman–Crippen LogP) is 4.22. The number of aryl methyl sites for hydroxylation is 2. The first-order chi connectivity index (χ1) is 9.61. The Kier molecular flexibility index (Phi) is 3.14. The van der Waals surface area contributed by atoms with E-state index in [0.717, 1.165) is 16.7 Å². The largest absolute Gasteiger partial charge is 0.469 e. The second kappa shape index (κ2) is 4.84. The summed E-state index contributed by atoms with van der Waals surface area (Å²) in [5, 5.41) is 1.57. The molecule has 0 saturated heterocycles. The molecule has 0 N–H and O–H groups in total. The molecule has 3 aromatic rings. The number of ketones is 1. The van der Waals surface area contributed by atoms with Gasteiger partial charge < -0.3 is 8.98 Å². The fourth-order valence-corrected chi connectivity index (χ4v) is 2.67. The van der Waals surface area contributed by atoms with Crippen LogP contribution in [0.2, 0.25) is 5.02 Å². The van der Waals surface area contributed by atoms with E-state index in [0.29, 0.717) is 22.6 Å². The molecule has 0 aliphatic carbocycles. The fourth-order valence-electron chi connectivity index (χ4n) is 2.50. The maximum Gasteiger partial charge on any atom is 0.198 e. The number of hydrogen-bond acceptors (Lipinski definition) is 2. The zero-order chi connectivity index (χ0) is 14.3. The Labute approximate surface area is 121 Å². The molecule has 0 saturated carbocycles. The molecule has 3 nitrogen and oxygen atoms in total. The number of carbonyl (C=O) groups excluding carboxylic acids is 1. The van der Waals surface area contributed by atoms with E-state index in [1.165, 1.54) is 0 Å². The Morgan fingerprint density at radius 1 is 1.30 bits per heavy atom. The third kappa shape index (κ3) is 1.95. The van der Waals surface area contributed by atoms with E-state index in [9.17, 15) is 4.79 Å². The van der Waals surface area contributed by atoms with Gasteiger partial charge in [0.2, 0.25) is 0 Å². The average molecular weight is 288 g/mol. The number of halogens is 1. The minimum absolute atomic E-state index is 0.0106. The van der Waals surface area contributed by atoms with Crippen LogP contribution in [-0.4, -0.2) is 10.4 Å². The number of hydrogen-bond donors (Lipinski definition) is 0. The lowest BCUT2D eigenvalue weighted by Crippen LogP contribution is -2.02. The number of nitrogens with zero attached hydrogens (tertiary/aromatic N) is 1. The van der Waals surface area contributed by atoms with Crippen LogP contribution in [0.1, 0.15) is 28.6 Å². The van der Waals surface area contributed by atoms with E-state index in [-0.39, 0.29) is 5.78 Å². The maximum absolute atomic E-state index is 12.7. The van der Waals surface area contributed by atoms with Crippen LogP contribution in [0.15, 0.2) is 41.1 Å². The Balaban J connectivity index is 2.18. The van der Waals surface area contributed by atoms with Crippen molar-refractivity contribution in [2.45, 2.75) is 13.3 Å². The zero-order valence-corrected chi connectivity index (χ0v) is 12.1. The monoisotopic (exact) mass is 287 g/mol. The Bertz CT molecular complexity index is 798. The first kappa shape index (κ1) is 13.0. The molecule has 0 spiro atoms. The molecule has 0 aliphatic heterocycles. The molecule has 0 bridgehead atoms. The molecule has 2 aromatic heterocycles. The lowest BCUT2D eigenvalue weighted by atomic mass is 10.0. The summed E-state index contributed by atoms with van der Waals surface area (Å²) in [4.78, 5) is 12.7. The van der Waals surface area contributed by atoms with Crippen molar-refractivity contribution >= 4 is 28.3 Å². The fraction of sp³-hybridized carbons (Fsp3) is 0.188. The van der Waals surface area contributed by atoms with Crippen molar-refractivity contribution in [3.05, 3.63) is 58.6 Å². The molecular weight excluding hydrogens is 274 g/mol. The van der Waals surface area contributed by atoms with Crippen LogP contribution in [0, 0.1) is 0 Å². The quantitative estimate of drug-likeness (QED) is 0.676. The van der Waals surface area contributed by atoms with E-state index in [2.05, 4.69) is 0 Å². The summed E-state index contributed by atoms with van der Waals surface area (Å²) in [6, 6.07) is 7.28. The minimum Gasteiger partial charge on any atom is -0.469 e. The molecule has 102 valence electrons. The van der Waals surface area contributed by atoms with Crippen molar-refractivity contribution in [3.8, 4) is 0 Å². The highest BCUT2D eigenvalue weighted by atomic mass is 35.5. The SMILES string of the molecule is CCc1occc1C(=O)c1cn(C)c2cc(Cl)ccc12. The van der Waals surface area contributed by atoms with Crippen LogP contribution in [0.4, 0.5) is 0 Å². The van der Waals surface area contributed by atoms with Gasteiger partial charge in [0, 0.05) is 41.2 Å². The van der Waals surface area contributed by atoms with E-state index in [1.54, 1.807) is 18.4 Å². The van der Waals surface area contributed by atoms with Crippen molar-refractivity contribution in [1.82, 2.24) is 4.57 Å². The lowest BCUT2D eigenvalue weighted by molar-refractivity contribution is 0.103. The Hall–Kier alpha value is -2.00. The average Bonchev–Trinajstić information content (AvgIpc) is 3.03. The Morgan fingerprint density at radius 3 is 2.85 bits per heavy atom. The van der Waals surface area contributed by atoms with Crippen LogP contribution >= 0.6 is 11.6 Å². The highest BCUT2D eigenvalue weighted by Crippen LogP contribution is 2.27. The highest BCUT2D eigenvalue weighted by Gasteiger charge is 2.19. The van der Waals surface area contributed by atoms with Crippen LogP contribution in [0.3, 0.4) is 0 Å². The molecule has 0 unspecified atom stereocenters. The van der Waals surface area contributed by atoms with Gasteiger partial charge in [0.1, 0.15) is 5.76 Å². The van der Waals surface area contributed by atoms with Gasteiger partial charge >= 0.3 is 0 Å². The molecule has 20 heavy (non-hydrogen) atoms. The molecule has 0 radical (unpaired) electrons. The van der Waals surface area contributed by atoms with E-state index in [1.807, 2.05) is 36.9 Å². The second-order valence-electron chi connectivity index (χ2n) is 4.76. The highest BCUT2D eigenvalue weighted by molar-refractivity contribution is 6.31. The van der Waals surface area contributed by atoms with Gasteiger partial charge in [0.25, 0.3) is 0 Å². The van der Waals surface area contributed by atoms with Crippen LogP contribution in [0.5, 0.6) is 0 Å². The summed E-state index contributed by atoms with van der Waals surface area (Å²) in [7, 11) is 1.91. The number of fused-ring (bicyclic) bond motifs is 1. The number of benzene rings is 1. The number of aromatic nitrogens is 1. The first-order valence-electron chi connectivity index (χ1n) is 6.47. The number of rotatable bonds is 3. The van der Waals surface area contributed by atoms with Gasteiger partial charge in [0.05, 0.1) is 11.8 Å². The zero-order valence-electron chi connectivity index (χ0n) is 11.3. The van der Waals surface area contributed by atoms with Gasteiger partial charge in [-0.05, 0) is 18.2 Å². The summed E-state index contributed by atoms with van der Waals surface area (Å²) < 4.78 is 7.26. The third-order valence-electron chi connectivity index (χ3n) is 3.51. The van der Waals surface area contributed by atoms with E-state index < -0.39 is 0 Å². The van der Waals surface area contributed by atoms with Gasteiger partial charge in [-0.15, -0.1) is 0 Å². The molecule has 2 heterocycles. The van der Waals surface area contributed by atoms with Crippen molar-refractivity contribution in [1.29, 1.82) is 0 Å². The van der Waals surface area contributed by atoms with E-state index >= 15 is 0 Å². The van der Waals surface area contributed by atoms with Gasteiger partial charge in [-0.25, -0.2) is 0 Å². The summed E-state index contributed by atoms with van der Waals surface area (Å²) in [6.45, 7) is 1.97. The summed E-state index contributed by atoms with van der Waals surface area (Å²) in [5.74, 6) is 0.712. The summed E-state index contributed by atoms with van der Waals surface area (Å²) in [6.07, 6.45) is 4.11. The normalized spacial score (nSPS) is 11.2. The smallest absolute Gasteiger partial charge is 0.198 e. The number of carbonyl (C=O) groups is 1. The van der Waals surface area contributed by atoms with Crippen LogP contribution in [-0.2, 0) is 13.5 Å². The third-order valence-corrected chi connectivity index (χ3v) is 3.74. The second-order valence-corrected chi connectivity index (χ2v) is 5.19. The molecule has 0 atom stereocenters. The topological polar surface area (TPSA) is 35.1 Å². The van der Waals surface area contributed by atoms with Crippen LogP contribution < -0.4 is 0 Å². The molecule has 4 heteroatoms. The minimum atomic E-state index is -0.0106. The Morgan fingerprint density at radius 2 is 2.10 bits per heavy atom.